The van der Waals surface area contributed by atoms with Crippen LogP contribution in [0.1, 0.15) is 41.0 Å². The smallest absolute Gasteiger partial charge is 0.269 e. The molecule has 0 fully saturated rings. The molecule has 108 valence electrons. The van der Waals surface area contributed by atoms with E-state index in [0.717, 1.165) is 37.5 Å². The van der Waals surface area contributed by atoms with Gasteiger partial charge in [0.15, 0.2) is 5.69 Å². The highest BCUT2D eigenvalue weighted by Crippen LogP contribution is 2.25. The molecule has 0 aromatic carbocycles. The molecule has 0 bridgehead atoms. The Morgan fingerprint density at radius 3 is 3.05 bits per heavy atom. The molecule has 3 rings (SSSR count). The van der Waals surface area contributed by atoms with Gasteiger partial charge in [-0.05, 0) is 25.2 Å². The quantitative estimate of drug-likeness (QED) is 0.843. The number of allylic oxidation sites excluding steroid dienone is 2. The van der Waals surface area contributed by atoms with Crippen molar-refractivity contribution >= 4 is 5.91 Å². The van der Waals surface area contributed by atoms with Crippen LogP contribution in [0.25, 0.3) is 0 Å². The molecule has 1 aromatic rings. The topological polar surface area (TPSA) is 64.2 Å². The minimum Gasteiger partial charge on any atom is -0.364 e. The predicted octanol–water partition coefficient (Wildman–Crippen LogP) is 1.23. The molecule has 0 saturated heterocycles. The molecule has 20 heavy (non-hydrogen) atoms. The van der Waals surface area contributed by atoms with Crippen LogP contribution < -0.4 is 5.73 Å². The average Bonchev–Trinajstić information content (AvgIpc) is 2.77. The Bertz CT molecular complexity index is 546. The monoisotopic (exact) mass is 274 g/mol. The number of primary amides is 1. The highest BCUT2D eigenvalue weighted by Gasteiger charge is 2.27. The molecule has 2 N–H and O–H groups in total. The fourth-order valence-corrected chi connectivity index (χ4v) is 3.39. The molecule has 0 unspecified atom stereocenters. The zero-order valence-electron chi connectivity index (χ0n) is 12.0. The summed E-state index contributed by atoms with van der Waals surface area (Å²) in [4.78, 5) is 13.9. The van der Waals surface area contributed by atoms with Crippen LogP contribution >= 0.6 is 0 Å². The number of rotatable bonds is 3. The number of amides is 1. The molecule has 1 aliphatic heterocycles. The van der Waals surface area contributed by atoms with Crippen molar-refractivity contribution in [2.75, 3.05) is 13.1 Å². The van der Waals surface area contributed by atoms with Gasteiger partial charge in [0.05, 0.1) is 0 Å². The van der Waals surface area contributed by atoms with Crippen molar-refractivity contribution in [3.05, 3.63) is 29.1 Å². The number of nitrogens with zero attached hydrogens (tertiary/aromatic N) is 3. The van der Waals surface area contributed by atoms with Gasteiger partial charge in [0.25, 0.3) is 5.91 Å². The summed E-state index contributed by atoms with van der Waals surface area (Å²) in [5, 5.41) is 4.28. The van der Waals surface area contributed by atoms with Gasteiger partial charge in [-0.15, -0.1) is 0 Å². The third-order valence-electron chi connectivity index (χ3n) is 4.45. The van der Waals surface area contributed by atoms with Gasteiger partial charge in [-0.3, -0.25) is 14.4 Å². The zero-order valence-corrected chi connectivity index (χ0v) is 12.0. The first-order chi connectivity index (χ1) is 9.65. The van der Waals surface area contributed by atoms with Crippen molar-refractivity contribution in [2.45, 2.75) is 32.2 Å². The van der Waals surface area contributed by atoms with Gasteiger partial charge in [0.2, 0.25) is 0 Å². The van der Waals surface area contributed by atoms with Crippen LogP contribution in [0.4, 0.5) is 0 Å². The molecule has 2 aliphatic rings. The Hall–Kier alpha value is -1.62. The lowest BCUT2D eigenvalue weighted by Crippen LogP contribution is -2.35. The third kappa shape index (κ3) is 2.50. The largest absolute Gasteiger partial charge is 0.364 e. The lowest BCUT2D eigenvalue weighted by atomic mass is 9.93. The minimum atomic E-state index is -0.413. The Balaban J connectivity index is 1.74. The van der Waals surface area contributed by atoms with E-state index in [1.807, 2.05) is 11.7 Å². The number of aromatic nitrogens is 2. The summed E-state index contributed by atoms with van der Waals surface area (Å²) in [6.07, 6.45) is 9.17. The number of aryl methyl sites for hydroxylation is 1. The fraction of sp³-hybridized carbons (Fsp3) is 0.600. The molecule has 1 aromatic heterocycles. The number of hydrogen-bond donors (Lipinski definition) is 1. The second kappa shape index (κ2) is 5.40. The Morgan fingerprint density at radius 1 is 1.50 bits per heavy atom. The third-order valence-corrected chi connectivity index (χ3v) is 4.45. The number of carbonyl (C=O) groups is 1. The molecule has 0 radical (unpaired) electrons. The van der Waals surface area contributed by atoms with E-state index in [9.17, 15) is 4.79 Å². The summed E-state index contributed by atoms with van der Waals surface area (Å²) in [7, 11) is 1.90. The predicted molar refractivity (Wildman–Crippen MR) is 77.2 cm³/mol. The molecule has 1 aliphatic carbocycles. The standard InChI is InChI=1S/C15H22N4O/c1-18-13-7-8-19(9-11-5-3-2-4-6-11)10-12(13)14(17-18)15(16)20/h2-3,11H,4-10H2,1H3,(H2,16,20)/t11-/m0/s1. The van der Waals surface area contributed by atoms with Gasteiger partial charge in [-0.2, -0.15) is 5.10 Å². The first kappa shape index (κ1) is 13.4. The van der Waals surface area contributed by atoms with E-state index >= 15 is 0 Å². The highest BCUT2D eigenvalue weighted by atomic mass is 16.1. The van der Waals surface area contributed by atoms with Gasteiger partial charge in [0, 0.05) is 44.4 Å². The van der Waals surface area contributed by atoms with Gasteiger partial charge in [-0.25, -0.2) is 0 Å². The zero-order chi connectivity index (χ0) is 14.1. The van der Waals surface area contributed by atoms with E-state index in [4.69, 9.17) is 5.73 Å². The van der Waals surface area contributed by atoms with Crippen molar-refractivity contribution in [1.29, 1.82) is 0 Å². The summed E-state index contributed by atoms with van der Waals surface area (Å²) in [5.41, 5.74) is 8.10. The maximum absolute atomic E-state index is 11.5. The first-order valence-electron chi connectivity index (χ1n) is 7.37. The summed E-state index contributed by atoms with van der Waals surface area (Å²) < 4.78 is 1.82. The van der Waals surface area contributed by atoms with Gasteiger partial charge < -0.3 is 5.73 Å². The van der Waals surface area contributed by atoms with Crippen LogP contribution in [0.2, 0.25) is 0 Å². The molecule has 5 nitrogen and oxygen atoms in total. The molecule has 0 spiro atoms. The summed E-state index contributed by atoms with van der Waals surface area (Å²) >= 11 is 0. The maximum Gasteiger partial charge on any atom is 0.269 e. The van der Waals surface area contributed by atoms with Crippen molar-refractivity contribution in [3.63, 3.8) is 0 Å². The van der Waals surface area contributed by atoms with Gasteiger partial charge in [-0.1, -0.05) is 12.2 Å². The van der Waals surface area contributed by atoms with E-state index in [0.29, 0.717) is 5.69 Å². The van der Waals surface area contributed by atoms with Crippen LogP contribution in [0, 0.1) is 5.92 Å². The summed E-state index contributed by atoms with van der Waals surface area (Å²) in [5.74, 6) is 0.333. The Morgan fingerprint density at radius 2 is 2.35 bits per heavy atom. The minimum absolute atomic E-state index is 0.413. The number of fused-ring (bicyclic) bond motifs is 1. The summed E-state index contributed by atoms with van der Waals surface area (Å²) in [6.45, 7) is 2.96. The maximum atomic E-state index is 11.5. The van der Waals surface area contributed by atoms with E-state index in [1.54, 1.807) is 0 Å². The molecule has 1 amide bonds. The normalized spacial score (nSPS) is 22.8. The van der Waals surface area contributed by atoms with Crippen LogP contribution in [0.5, 0.6) is 0 Å². The number of carbonyl (C=O) groups excluding carboxylic acids is 1. The van der Waals surface area contributed by atoms with Crippen molar-refractivity contribution in [1.82, 2.24) is 14.7 Å². The van der Waals surface area contributed by atoms with Crippen LogP contribution in [-0.2, 0) is 20.0 Å². The van der Waals surface area contributed by atoms with Crippen LogP contribution in [0.3, 0.4) is 0 Å². The average molecular weight is 274 g/mol. The van der Waals surface area contributed by atoms with E-state index in [2.05, 4.69) is 22.2 Å². The lowest BCUT2D eigenvalue weighted by molar-refractivity contribution is 0.0992. The second-order valence-electron chi connectivity index (χ2n) is 5.90. The molecule has 0 saturated carbocycles. The van der Waals surface area contributed by atoms with Crippen LogP contribution in [0.15, 0.2) is 12.2 Å². The fourth-order valence-electron chi connectivity index (χ4n) is 3.39. The lowest BCUT2D eigenvalue weighted by Gasteiger charge is -2.31. The van der Waals surface area contributed by atoms with Crippen molar-refractivity contribution in [2.24, 2.45) is 18.7 Å². The molecule has 5 heteroatoms. The van der Waals surface area contributed by atoms with Gasteiger partial charge >= 0.3 is 0 Å². The number of nitrogens with two attached hydrogens (primary N) is 1. The Kier molecular flexibility index (Phi) is 3.61. The van der Waals surface area contributed by atoms with Crippen molar-refractivity contribution in [3.8, 4) is 0 Å². The molecular weight excluding hydrogens is 252 g/mol. The number of hydrogen-bond acceptors (Lipinski definition) is 3. The Labute approximate surface area is 119 Å². The second-order valence-corrected chi connectivity index (χ2v) is 5.90. The molecule has 1 atom stereocenters. The van der Waals surface area contributed by atoms with Crippen LogP contribution in [-0.4, -0.2) is 33.7 Å². The highest BCUT2D eigenvalue weighted by molar-refractivity contribution is 5.92. The van der Waals surface area contributed by atoms with E-state index in [-0.39, 0.29) is 0 Å². The summed E-state index contributed by atoms with van der Waals surface area (Å²) in [6, 6.07) is 0. The van der Waals surface area contributed by atoms with Gasteiger partial charge in [0.1, 0.15) is 0 Å². The molecule has 2 heterocycles. The SMILES string of the molecule is Cn1nc(C(N)=O)c2c1CCN(C[C@H]1CC=CCC1)C2. The van der Waals surface area contributed by atoms with E-state index < -0.39 is 5.91 Å². The molecular formula is C15H22N4O. The van der Waals surface area contributed by atoms with E-state index in [1.165, 1.54) is 25.0 Å². The first-order valence-corrected chi connectivity index (χ1v) is 7.37. The van der Waals surface area contributed by atoms with Crippen molar-refractivity contribution < 1.29 is 4.79 Å².